The number of rotatable bonds is 6. The van der Waals surface area contributed by atoms with Crippen LogP contribution >= 0.6 is 11.6 Å². The monoisotopic (exact) mass is 432 g/mol. The molecule has 3 rings (SSSR count). The molecule has 0 amide bonds. The van der Waals surface area contributed by atoms with Gasteiger partial charge in [0.2, 0.25) is 0 Å². The lowest BCUT2D eigenvalue weighted by molar-refractivity contribution is 0.0597. The molecule has 0 saturated carbocycles. The second kappa shape index (κ2) is 8.82. The van der Waals surface area contributed by atoms with Crippen molar-refractivity contribution < 1.29 is 19.0 Å². The first-order valence-electron chi connectivity index (χ1n) is 10.0. The molecule has 2 heterocycles. The van der Waals surface area contributed by atoms with Crippen LogP contribution in [0.15, 0.2) is 24.4 Å². The van der Waals surface area contributed by atoms with E-state index in [1.54, 1.807) is 19.4 Å². The summed E-state index contributed by atoms with van der Waals surface area (Å²) in [5.41, 5.74) is 3.11. The number of nitrogens with zero attached hydrogens (tertiary/aromatic N) is 1. The third-order valence-electron chi connectivity index (χ3n) is 5.46. The minimum atomic E-state index is -0.508. The highest BCUT2D eigenvalue weighted by Crippen LogP contribution is 2.45. The van der Waals surface area contributed by atoms with Crippen molar-refractivity contribution in [3.8, 4) is 17.0 Å². The lowest BCUT2D eigenvalue weighted by Gasteiger charge is -2.39. The van der Waals surface area contributed by atoms with Gasteiger partial charge in [0.25, 0.3) is 0 Å². The standard InChI is InChI=1S/C23H29ClN2O4/c1-23(2,3)21-10-14-9-20(30-8-6-7-28-4)17(24)11-15(14)19-12-18(25)16(13-26(19)21)22(27)29-5/h9,11-13,21,25H,6-8,10H2,1-5H3. The van der Waals surface area contributed by atoms with E-state index in [0.717, 1.165) is 29.7 Å². The minimum Gasteiger partial charge on any atom is -0.492 e. The molecular weight excluding hydrogens is 404 g/mol. The highest BCUT2D eigenvalue weighted by Gasteiger charge is 2.33. The molecule has 1 aliphatic rings. The van der Waals surface area contributed by atoms with Crippen LogP contribution in [0.3, 0.4) is 0 Å². The fourth-order valence-corrected chi connectivity index (χ4v) is 4.06. The topological polar surface area (TPSA) is 73.5 Å². The number of hydrogen-bond donors (Lipinski definition) is 1. The van der Waals surface area contributed by atoms with Gasteiger partial charge in [0.05, 0.1) is 29.8 Å². The summed E-state index contributed by atoms with van der Waals surface area (Å²) in [6.07, 6.45) is 3.29. The van der Waals surface area contributed by atoms with Gasteiger partial charge in [0.15, 0.2) is 0 Å². The largest absolute Gasteiger partial charge is 0.492 e. The maximum absolute atomic E-state index is 12.2. The van der Waals surface area contributed by atoms with E-state index in [9.17, 15) is 4.79 Å². The Morgan fingerprint density at radius 3 is 2.60 bits per heavy atom. The molecule has 0 saturated heterocycles. The van der Waals surface area contributed by atoms with E-state index >= 15 is 0 Å². The predicted octanol–water partition coefficient (Wildman–Crippen LogP) is 4.63. The van der Waals surface area contributed by atoms with Crippen molar-refractivity contribution >= 4 is 17.6 Å². The van der Waals surface area contributed by atoms with Crippen molar-refractivity contribution in [1.29, 1.82) is 5.41 Å². The fourth-order valence-electron chi connectivity index (χ4n) is 3.84. The maximum Gasteiger partial charge on any atom is 0.341 e. The van der Waals surface area contributed by atoms with Gasteiger partial charge >= 0.3 is 5.97 Å². The van der Waals surface area contributed by atoms with Crippen LogP contribution in [0.5, 0.6) is 5.75 Å². The number of hydrogen-bond acceptors (Lipinski definition) is 5. The lowest BCUT2D eigenvalue weighted by Crippen LogP contribution is -2.33. The Bertz CT molecular complexity index is 1010. The van der Waals surface area contributed by atoms with E-state index in [0.29, 0.717) is 24.0 Å². The van der Waals surface area contributed by atoms with Gasteiger partial charge in [0, 0.05) is 37.9 Å². The normalized spacial score (nSPS) is 15.3. The Hall–Kier alpha value is -2.31. The fraction of sp³-hybridized carbons (Fsp3) is 0.478. The zero-order valence-corrected chi connectivity index (χ0v) is 18.9. The number of ether oxygens (including phenoxy) is 3. The quantitative estimate of drug-likeness (QED) is 0.533. The first-order chi connectivity index (χ1) is 14.2. The van der Waals surface area contributed by atoms with Crippen molar-refractivity contribution in [1.82, 2.24) is 4.57 Å². The van der Waals surface area contributed by atoms with Gasteiger partial charge in [-0.15, -0.1) is 0 Å². The highest BCUT2D eigenvalue weighted by atomic mass is 35.5. The highest BCUT2D eigenvalue weighted by molar-refractivity contribution is 6.32. The molecule has 1 aromatic carbocycles. The number of aromatic nitrogens is 1. The summed E-state index contributed by atoms with van der Waals surface area (Å²) in [6.45, 7) is 7.67. The van der Waals surface area contributed by atoms with Crippen LogP contribution in [0.4, 0.5) is 0 Å². The maximum atomic E-state index is 12.2. The van der Waals surface area contributed by atoms with Crippen LogP contribution in [-0.4, -0.2) is 38.0 Å². The van der Waals surface area contributed by atoms with Gasteiger partial charge in [-0.1, -0.05) is 32.4 Å². The number of benzene rings is 1. The molecule has 0 fully saturated rings. The number of methoxy groups -OCH3 is 2. The van der Waals surface area contributed by atoms with E-state index in [1.807, 2.05) is 12.1 Å². The van der Waals surface area contributed by atoms with E-state index in [4.69, 9.17) is 31.2 Å². The number of carbonyl (C=O) groups excluding carboxylic acids is 1. The van der Waals surface area contributed by atoms with Crippen molar-refractivity contribution in [2.45, 2.75) is 39.7 Å². The Balaban J connectivity index is 2.11. The summed E-state index contributed by atoms with van der Waals surface area (Å²) >= 11 is 6.52. The number of fused-ring (bicyclic) bond motifs is 3. The number of esters is 1. The Kier molecular flexibility index (Phi) is 6.58. The smallest absolute Gasteiger partial charge is 0.341 e. The molecule has 0 aliphatic carbocycles. The van der Waals surface area contributed by atoms with Crippen molar-refractivity contribution in [3.63, 3.8) is 0 Å². The summed E-state index contributed by atoms with van der Waals surface area (Å²) in [6, 6.07) is 5.71. The van der Waals surface area contributed by atoms with Crippen LogP contribution in [0.25, 0.3) is 11.3 Å². The summed E-state index contributed by atoms with van der Waals surface area (Å²) in [4.78, 5) is 12.2. The van der Waals surface area contributed by atoms with E-state index in [-0.39, 0.29) is 22.4 Å². The molecule has 0 spiro atoms. The lowest BCUT2D eigenvalue weighted by atomic mass is 9.79. The molecule has 2 aromatic rings. The van der Waals surface area contributed by atoms with Crippen LogP contribution in [0, 0.1) is 10.8 Å². The molecule has 0 bridgehead atoms. The van der Waals surface area contributed by atoms with Crippen LogP contribution in [0.2, 0.25) is 5.02 Å². The third-order valence-corrected chi connectivity index (χ3v) is 5.75. The second-order valence-corrected chi connectivity index (χ2v) is 9.01. The molecule has 1 aliphatic heterocycles. The summed E-state index contributed by atoms with van der Waals surface area (Å²) in [5, 5.41) is 9.00. The Morgan fingerprint density at radius 2 is 1.97 bits per heavy atom. The van der Waals surface area contributed by atoms with Gasteiger partial charge in [-0.3, -0.25) is 5.41 Å². The second-order valence-electron chi connectivity index (χ2n) is 8.61. The Morgan fingerprint density at radius 1 is 1.23 bits per heavy atom. The minimum absolute atomic E-state index is 0.0762. The molecule has 0 radical (unpaired) electrons. The Labute approximate surface area is 182 Å². The third kappa shape index (κ3) is 4.40. The van der Waals surface area contributed by atoms with Crippen LogP contribution < -0.4 is 10.1 Å². The van der Waals surface area contributed by atoms with Crippen molar-refractivity contribution in [2.75, 3.05) is 27.4 Å². The summed E-state index contributed by atoms with van der Waals surface area (Å²) in [5.74, 6) is 0.150. The van der Waals surface area contributed by atoms with Crippen molar-refractivity contribution in [2.24, 2.45) is 5.41 Å². The van der Waals surface area contributed by atoms with E-state index in [1.165, 1.54) is 7.11 Å². The number of pyridine rings is 1. The van der Waals surface area contributed by atoms with Gasteiger partial charge in [0.1, 0.15) is 11.3 Å². The zero-order chi connectivity index (χ0) is 22.1. The summed E-state index contributed by atoms with van der Waals surface area (Å²) < 4.78 is 17.9. The molecule has 1 aromatic heterocycles. The average Bonchev–Trinajstić information content (AvgIpc) is 2.69. The average molecular weight is 433 g/mol. The first-order valence-corrected chi connectivity index (χ1v) is 10.4. The molecule has 162 valence electrons. The van der Waals surface area contributed by atoms with Gasteiger partial charge in [-0.25, -0.2) is 4.79 Å². The van der Waals surface area contributed by atoms with Crippen LogP contribution in [0.1, 0.15) is 49.2 Å². The zero-order valence-electron chi connectivity index (χ0n) is 18.2. The molecule has 7 heteroatoms. The SMILES string of the molecule is COCCCOc1cc2c(cc1Cl)-c1cc(=N)c(C(=O)OC)cn1C(C(C)(C)C)C2. The van der Waals surface area contributed by atoms with Crippen molar-refractivity contribution in [3.05, 3.63) is 45.9 Å². The van der Waals surface area contributed by atoms with Gasteiger partial charge < -0.3 is 18.8 Å². The molecule has 1 unspecified atom stereocenters. The number of carbonyl (C=O) groups is 1. The van der Waals surface area contributed by atoms with E-state index < -0.39 is 5.97 Å². The number of nitrogens with one attached hydrogen (secondary N) is 1. The van der Waals surface area contributed by atoms with E-state index in [2.05, 4.69) is 25.3 Å². The van der Waals surface area contributed by atoms with Gasteiger partial charge in [-0.05, 0) is 35.6 Å². The van der Waals surface area contributed by atoms with Gasteiger partial charge in [-0.2, -0.15) is 0 Å². The molecular formula is C23H29ClN2O4. The van der Waals surface area contributed by atoms with Crippen LogP contribution in [-0.2, 0) is 15.9 Å². The first kappa shape index (κ1) is 22.4. The number of halogens is 1. The molecule has 1 atom stereocenters. The molecule has 1 N–H and O–H groups in total. The predicted molar refractivity (Wildman–Crippen MR) is 116 cm³/mol. The molecule has 6 nitrogen and oxygen atoms in total. The molecule has 30 heavy (non-hydrogen) atoms. The summed E-state index contributed by atoms with van der Waals surface area (Å²) in [7, 11) is 3.00.